The molecule has 5 nitrogen and oxygen atoms in total. The summed E-state index contributed by atoms with van der Waals surface area (Å²) in [6.45, 7) is 9.08. The Bertz CT molecular complexity index is 882. The van der Waals surface area contributed by atoms with Gasteiger partial charge in [-0.15, -0.1) is 0 Å². The lowest BCUT2D eigenvalue weighted by Gasteiger charge is -2.36. The summed E-state index contributed by atoms with van der Waals surface area (Å²) in [6, 6.07) is 4.20. The van der Waals surface area contributed by atoms with Gasteiger partial charge in [-0.05, 0) is 56.0 Å². The Hall–Kier alpha value is -2.30. The minimum absolute atomic E-state index is 0.0572. The standard InChI is InChI=1S/C19H23N3O2/c1-5-6-21-17(23)19(4)9-14-13-7-11(2)12(3)8-15(13)20-16(14)10-22(19)18(21)24/h7-8,20H,5-6,9-10H2,1-4H3/t19-/m0/s1. The van der Waals surface area contributed by atoms with Gasteiger partial charge in [-0.3, -0.25) is 9.69 Å². The molecule has 5 heteroatoms. The number of H-pyrrole nitrogens is 1. The molecule has 3 heterocycles. The Morgan fingerprint density at radius 2 is 1.92 bits per heavy atom. The molecule has 126 valence electrons. The topological polar surface area (TPSA) is 56.4 Å². The van der Waals surface area contributed by atoms with Crippen molar-refractivity contribution in [3.8, 4) is 0 Å². The molecule has 0 unspecified atom stereocenters. The molecule has 1 saturated heterocycles. The molecule has 0 spiro atoms. The fourth-order valence-electron chi connectivity index (χ4n) is 4.09. The van der Waals surface area contributed by atoms with Gasteiger partial charge in [0.2, 0.25) is 0 Å². The van der Waals surface area contributed by atoms with Crippen molar-refractivity contribution in [3.63, 3.8) is 0 Å². The second-order valence-corrected chi connectivity index (χ2v) is 7.34. The van der Waals surface area contributed by atoms with Crippen molar-refractivity contribution in [1.29, 1.82) is 0 Å². The van der Waals surface area contributed by atoms with Gasteiger partial charge in [0.1, 0.15) is 5.54 Å². The molecule has 3 amide bonds. The first-order chi connectivity index (χ1) is 11.4. The van der Waals surface area contributed by atoms with Gasteiger partial charge in [-0.1, -0.05) is 6.92 Å². The number of nitrogens with one attached hydrogen (secondary N) is 1. The SMILES string of the molecule is CCCN1C(=O)N2Cc3[nH]c4cc(C)c(C)cc4c3C[C@@]2(C)C1=O. The second-order valence-electron chi connectivity index (χ2n) is 7.34. The van der Waals surface area contributed by atoms with E-state index in [1.807, 2.05) is 13.8 Å². The number of rotatable bonds is 2. The molecule has 2 aromatic rings. The third kappa shape index (κ3) is 1.81. The van der Waals surface area contributed by atoms with Crippen molar-refractivity contribution in [2.45, 2.75) is 52.6 Å². The number of hydrogen-bond acceptors (Lipinski definition) is 2. The van der Waals surface area contributed by atoms with Gasteiger partial charge >= 0.3 is 6.03 Å². The fraction of sp³-hybridized carbons (Fsp3) is 0.474. The Morgan fingerprint density at radius 3 is 2.62 bits per heavy atom. The van der Waals surface area contributed by atoms with Crippen LogP contribution in [0.15, 0.2) is 12.1 Å². The van der Waals surface area contributed by atoms with E-state index in [0.717, 1.165) is 17.6 Å². The molecule has 0 aliphatic carbocycles. The fourth-order valence-corrected chi connectivity index (χ4v) is 4.09. The molecule has 4 rings (SSSR count). The summed E-state index contributed by atoms with van der Waals surface area (Å²) < 4.78 is 0. The van der Waals surface area contributed by atoms with Crippen LogP contribution in [0.2, 0.25) is 0 Å². The summed E-state index contributed by atoms with van der Waals surface area (Å²) in [7, 11) is 0. The van der Waals surface area contributed by atoms with E-state index >= 15 is 0 Å². The molecule has 0 radical (unpaired) electrons. The molecule has 0 saturated carbocycles. The molecular weight excluding hydrogens is 302 g/mol. The number of amides is 3. The highest BCUT2D eigenvalue weighted by Gasteiger charge is 2.56. The van der Waals surface area contributed by atoms with Gasteiger partial charge in [0.25, 0.3) is 5.91 Å². The minimum Gasteiger partial charge on any atom is -0.357 e. The van der Waals surface area contributed by atoms with Crippen LogP contribution in [-0.2, 0) is 17.8 Å². The number of aryl methyl sites for hydroxylation is 2. The number of carbonyl (C=O) groups is 2. The first-order valence-corrected chi connectivity index (χ1v) is 8.61. The van der Waals surface area contributed by atoms with Crippen molar-refractivity contribution in [1.82, 2.24) is 14.8 Å². The average Bonchev–Trinajstić information content (AvgIpc) is 2.95. The molecule has 2 aliphatic heterocycles. The Labute approximate surface area is 141 Å². The van der Waals surface area contributed by atoms with Gasteiger partial charge in [0, 0.05) is 29.6 Å². The normalized spacial score (nSPS) is 23.2. The van der Waals surface area contributed by atoms with Gasteiger partial charge < -0.3 is 9.88 Å². The van der Waals surface area contributed by atoms with Gasteiger partial charge in [0.05, 0.1) is 6.54 Å². The number of benzene rings is 1. The molecule has 1 N–H and O–H groups in total. The van der Waals surface area contributed by atoms with Gasteiger partial charge in [0.15, 0.2) is 0 Å². The van der Waals surface area contributed by atoms with Crippen molar-refractivity contribution in [2.24, 2.45) is 0 Å². The molecule has 2 aliphatic rings. The molecule has 1 aromatic heterocycles. The smallest absolute Gasteiger partial charge is 0.328 e. The first kappa shape index (κ1) is 15.2. The average molecular weight is 325 g/mol. The lowest BCUT2D eigenvalue weighted by atomic mass is 9.86. The van der Waals surface area contributed by atoms with E-state index in [2.05, 4.69) is 31.0 Å². The summed E-state index contributed by atoms with van der Waals surface area (Å²) >= 11 is 0. The van der Waals surface area contributed by atoms with Crippen LogP contribution in [0.1, 0.15) is 42.7 Å². The number of urea groups is 1. The number of fused-ring (bicyclic) bond motifs is 4. The highest BCUT2D eigenvalue weighted by molar-refractivity contribution is 6.07. The van der Waals surface area contributed by atoms with Crippen LogP contribution in [0, 0.1) is 13.8 Å². The van der Waals surface area contributed by atoms with Gasteiger partial charge in [-0.2, -0.15) is 0 Å². The summed E-state index contributed by atoms with van der Waals surface area (Å²) in [6.07, 6.45) is 1.36. The highest BCUT2D eigenvalue weighted by atomic mass is 16.2. The van der Waals surface area contributed by atoms with E-state index < -0.39 is 5.54 Å². The molecule has 1 aromatic carbocycles. The van der Waals surface area contributed by atoms with E-state index in [1.165, 1.54) is 27.0 Å². The number of aromatic nitrogens is 1. The maximum Gasteiger partial charge on any atom is 0.328 e. The quantitative estimate of drug-likeness (QED) is 0.862. The van der Waals surface area contributed by atoms with E-state index in [-0.39, 0.29) is 11.9 Å². The maximum atomic E-state index is 12.9. The van der Waals surface area contributed by atoms with Crippen molar-refractivity contribution >= 4 is 22.8 Å². The molecular formula is C19H23N3O2. The Kier molecular flexibility index (Phi) is 3.08. The predicted molar refractivity (Wildman–Crippen MR) is 92.8 cm³/mol. The van der Waals surface area contributed by atoms with Crippen LogP contribution >= 0.6 is 0 Å². The zero-order valence-electron chi connectivity index (χ0n) is 14.7. The maximum absolute atomic E-state index is 12.9. The van der Waals surface area contributed by atoms with E-state index in [0.29, 0.717) is 19.5 Å². The molecule has 0 bridgehead atoms. The second kappa shape index (κ2) is 4.85. The van der Waals surface area contributed by atoms with E-state index in [4.69, 9.17) is 0 Å². The first-order valence-electron chi connectivity index (χ1n) is 8.61. The van der Waals surface area contributed by atoms with Crippen molar-refractivity contribution in [2.75, 3.05) is 6.54 Å². The van der Waals surface area contributed by atoms with Crippen molar-refractivity contribution in [3.05, 3.63) is 34.5 Å². The molecule has 24 heavy (non-hydrogen) atoms. The third-order valence-corrected chi connectivity index (χ3v) is 5.66. The minimum atomic E-state index is -0.757. The van der Waals surface area contributed by atoms with Crippen LogP contribution < -0.4 is 0 Å². The van der Waals surface area contributed by atoms with E-state index in [9.17, 15) is 9.59 Å². The monoisotopic (exact) mass is 325 g/mol. The molecule has 1 fully saturated rings. The Balaban J connectivity index is 1.84. The number of carbonyl (C=O) groups excluding carboxylic acids is 2. The predicted octanol–water partition coefficient (Wildman–Crippen LogP) is 3.27. The Morgan fingerprint density at radius 1 is 1.21 bits per heavy atom. The number of hydrogen-bond donors (Lipinski definition) is 1. The number of aromatic amines is 1. The van der Waals surface area contributed by atoms with E-state index in [1.54, 1.807) is 4.90 Å². The highest BCUT2D eigenvalue weighted by Crippen LogP contribution is 2.40. The zero-order chi connectivity index (χ0) is 17.2. The summed E-state index contributed by atoms with van der Waals surface area (Å²) in [5.41, 5.74) is 5.08. The lowest BCUT2D eigenvalue weighted by molar-refractivity contribution is -0.133. The number of nitrogens with zero attached hydrogens (tertiary/aromatic N) is 2. The largest absolute Gasteiger partial charge is 0.357 e. The third-order valence-electron chi connectivity index (χ3n) is 5.66. The summed E-state index contributed by atoms with van der Waals surface area (Å²) in [5.74, 6) is -0.0572. The van der Waals surface area contributed by atoms with Crippen LogP contribution in [-0.4, -0.2) is 38.8 Å². The van der Waals surface area contributed by atoms with Gasteiger partial charge in [-0.25, -0.2) is 4.79 Å². The van der Waals surface area contributed by atoms with Crippen LogP contribution in [0.4, 0.5) is 4.79 Å². The lowest BCUT2D eigenvalue weighted by Crippen LogP contribution is -2.51. The summed E-state index contributed by atoms with van der Waals surface area (Å²) in [5, 5.41) is 1.18. The van der Waals surface area contributed by atoms with Crippen LogP contribution in [0.25, 0.3) is 10.9 Å². The van der Waals surface area contributed by atoms with Crippen LogP contribution in [0.3, 0.4) is 0 Å². The zero-order valence-corrected chi connectivity index (χ0v) is 14.7. The number of imide groups is 1. The molecule has 1 atom stereocenters. The van der Waals surface area contributed by atoms with Crippen molar-refractivity contribution < 1.29 is 9.59 Å². The summed E-state index contributed by atoms with van der Waals surface area (Å²) in [4.78, 5) is 32.2. The van der Waals surface area contributed by atoms with Crippen LogP contribution in [0.5, 0.6) is 0 Å².